The predicted molar refractivity (Wildman–Crippen MR) is 251 cm³/mol. The van der Waals surface area contributed by atoms with Gasteiger partial charge in [0.2, 0.25) is 5.91 Å². The number of rotatable bonds is 39. The van der Waals surface area contributed by atoms with Crippen molar-refractivity contribution in [3.63, 3.8) is 0 Å². The smallest absolute Gasteiger partial charge is 0.268 e. The zero-order valence-corrected chi connectivity index (χ0v) is 38.8. The van der Waals surface area contributed by atoms with E-state index in [1.165, 1.54) is 0 Å². The van der Waals surface area contributed by atoms with E-state index >= 15 is 0 Å². The van der Waals surface area contributed by atoms with Crippen LogP contribution in [-0.2, 0) is 18.4 Å². The third-order valence-corrected chi connectivity index (χ3v) is 10.2. The number of nitrogens with one attached hydrogen (secondary N) is 1. The summed E-state index contributed by atoms with van der Waals surface area (Å²) >= 11 is 0. The number of phosphoric ester groups is 1. The molecule has 0 saturated carbocycles. The fraction of sp³-hybridized carbons (Fsp3) is 0.620. The maximum atomic E-state index is 12.7. The second-order valence-electron chi connectivity index (χ2n) is 16.0. The number of quaternary nitrogens is 1. The van der Waals surface area contributed by atoms with E-state index in [-0.39, 0.29) is 19.1 Å². The minimum Gasteiger partial charge on any atom is -0.756 e. The Hall–Kier alpha value is -2.84. The van der Waals surface area contributed by atoms with E-state index < -0.39 is 20.0 Å². The lowest BCUT2D eigenvalue weighted by atomic mass is 10.0. The number of allylic oxidation sites excluding steroid dienone is 18. The molecule has 59 heavy (non-hydrogen) atoms. The third kappa shape index (κ3) is 43.1. The molecule has 2 N–H and O–H groups in total. The molecule has 0 rings (SSSR count). The van der Waals surface area contributed by atoms with Gasteiger partial charge in [0.25, 0.3) is 7.82 Å². The first-order valence-electron chi connectivity index (χ1n) is 22.7. The highest BCUT2D eigenvalue weighted by Crippen LogP contribution is 2.38. The average Bonchev–Trinajstić information content (AvgIpc) is 3.19. The number of hydrogen-bond donors (Lipinski definition) is 2. The van der Waals surface area contributed by atoms with Crippen molar-refractivity contribution in [3.05, 3.63) is 109 Å². The standard InChI is InChI=1S/C50H85N2O6P/c1-6-8-10-12-13-14-15-16-17-18-19-20-21-22-23-24-25-26-27-28-29-30-31-32-33-34-35-36-37-38-39-40-42-44-50(54)51-48(49(53)43-41-11-9-7-2)47-58-59(55,56)57-46-45-52(3,4)5/h8,10,13-14,16-17,19-20,22-23,25-26,28-29,31-32,34-35,48-49,53H,6-7,9,11-12,15,18,21,24,27,30,33,36-47H2,1-5H3,(H-,51,54,55,56)/b10-8-,14-13-,17-16-,20-19-,23-22-,26-25-,29-28-,32-31-,35-34-. The molecule has 0 aliphatic heterocycles. The topological polar surface area (TPSA) is 108 Å². The number of nitrogens with zero attached hydrogens (tertiary/aromatic N) is 1. The summed E-state index contributed by atoms with van der Waals surface area (Å²) in [5.41, 5.74) is 0. The monoisotopic (exact) mass is 841 g/mol. The van der Waals surface area contributed by atoms with Gasteiger partial charge < -0.3 is 28.8 Å². The van der Waals surface area contributed by atoms with Crippen LogP contribution >= 0.6 is 7.82 Å². The quantitative estimate of drug-likeness (QED) is 0.0276. The van der Waals surface area contributed by atoms with Gasteiger partial charge in [-0.25, -0.2) is 0 Å². The molecule has 0 aliphatic carbocycles. The lowest BCUT2D eigenvalue weighted by Crippen LogP contribution is -2.46. The third-order valence-electron chi connectivity index (χ3n) is 9.28. The van der Waals surface area contributed by atoms with Crippen LogP contribution in [0.15, 0.2) is 109 Å². The van der Waals surface area contributed by atoms with Gasteiger partial charge in [0, 0.05) is 6.42 Å². The molecule has 9 heteroatoms. The lowest BCUT2D eigenvalue weighted by Gasteiger charge is -2.30. The number of unbranched alkanes of at least 4 members (excludes halogenated alkanes) is 8. The van der Waals surface area contributed by atoms with E-state index in [4.69, 9.17) is 9.05 Å². The molecule has 0 heterocycles. The van der Waals surface area contributed by atoms with Crippen LogP contribution in [0.3, 0.4) is 0 Å². The van der Waals surface area contributed by atoms with Crippen molar-refractivity contribution in [1.29, 1.82) is 0 Å². The summed E-state index contributed by atoms with van der Waals surface area (Å²) < 4.78 is 23.0. The van der Waals surface area contributed by atoms with Crippen molar-refractivity contribution in [2.45, 2.75) is 161 Å². The van der Waals surface area contributed by atoms with Crippen molar-refractivity contribution in [3.8, 4) is 0 Å². The highest BCUT2D eigenvalue weighted by atomic mass is 31.2. The summed E-state index contributed by atoms with van der Waals surface area (Å²) in [4.78, 5) is 25.0. The highest BCUT2D eigenvalue weighted by molar-refractivity contribution is 7.45. The van der Waals surface area contributed by atoms with E-state index in [1.54, 1.807) is 0 Å². The Kier molecular flexibility index (Phi) is 38.6. The maximum absolute atomic E-state index is 12.7. The minimum atomic E-state index is -4.56. The van der Waals surface area contributed by atoms with Crippen LogP contribution in [-0.4, -0.2) is 68.5 Å². The maximum Gasteiger partial charge on any atom is 0.268 e. The van der Waals surface area contributed by atoms with E-state index in [2.05, 4.69) is 129 Å². The number of carbonyl (C=O) groups excluding carboxylic acids is 1. The zero-order valence-electron chi connectivity index (χ0n) is 37.9. The number of phosphoric acid groups is 1. The summed E-state index contributed by atoms with van der Waals surface area (Å²) in [6.07, 6.45) is 58.8. The van der Waals surface area contributed by atoms with Gasteiger partial charge in [0.1, 0.15) is 13.2 Å². The van der Waals surface area contributed by atoms with Crippen molar-refractivity contribution in [2.75, 3.05) is 40.9 Å². The fourth-order valence-corrected chi connectivity index (χ4v) is 6.40. The van der Waals surface area contributed by atoms with Crippen LogP contribution in [0.2, 0.25) is 0 Å². The molecule has 0 bridgehead atoms. The first kappa shape index (κ1) is 56.2. The molecule has 0 radical (unpaired) electrons. The van der Waals surface area contributed by atoms with Crippen LogP contribution in [0.5, 0.6) is 0 Å². The Morgan fingerprint density at radius 3 is 1.49 bits per heavy atom. The summed E-state index contributed by atoms with van der Waals surface area (Å²) in [5.74, 6) is -0.200. The number of hydrogen-bond acceptors (Lipinski definition) is 6. The fourth-order valence-electron chi connectivity index (χ4n) is 5.68. The lowest BCUT2D eigenvalue weighted by molar-refractivity contribution is -0.870. The second-order valence-corrected chi connectivity index (χ2v) is 17.4. The normalized spacial score (nSPS) is 15.3. The molecule has 0 aromatic rings. The van der Waals surface area contributed by atoms with E-state index in [1.807, 2.05) is 21.1 Å². The molecule has 336 valence electrons. The largest absolute Gasteiger partial charge is 0.756 e. The van der Waals surface area contributed by atoms with Crippen molar-refractivity contribution >= 4 is 13.7 Å². The van der Waals surface area contributed by atoms with E-state index in [9.17, 15) is 19.4 Å². The predicted octanol–water partition coefficient (Wildman–Crippen LogP) is 12.3. The molecule has 0 spiro atoms. The van der Waals surface area contributed by atoms with Crippen molar-refractivity contribution < 1.29 is 32.9 Å². The molecule has 0 aromatic heterocycles. The van der Waals surface area contributed by atoms with Gasteiger partial charge in [0.15, 0.2) is 0 Å². The first-order valence-corrected chi connectivity index (χ1v) is 24.2. The molecule has 0 aromatic carbocycles. The van der Waals surface area contributed by atoms with Crippen LogP contribution < -0.4 is 10.2 Å². The minimum absolute atomic E-state index is 0.000247. The molecule has 8 nitrogen and oxygen atoms in total. The van der Waals surface area contributed by atoms with Gasteiger partial charge in [-0.1, -0.05) is 168 Å². The molecule has 3 atom stereocenters. The van der Waals surface area contributed by atoms with E-state index in [0.717, 1.165) is 122 Å². The number of amides is 1. The summed E-state index contributed by atoms with van der Waals surface area (Å²) in [5, 5.41) is 13.6. The molecule has 0 saturated heterocycles. The molecule has 1 amide bonds. The zero-order chi connectivity index (χ0) is 43.6. The van der Waals surface area contributed by atoms with Crippen molar-refractivity contribution in [2.24, 2.45) is 0 Å². The number of carbonyl (C=O) groups is 1. The molecule has 3 unspecified atom stereocenters. The summed E-state index contributed by atoms with van der Waals surface area (Å²) in [7, 11) is 1.26. The van der Waals surface area contributed by atoms with Gasteiger partial charge in [-0.15, -0.1) is 0 Å². The van der Waals surface area contributed by atoms with E-state index in [0.29, 0.717) is 23.9 Å². The van der Waals surface area contributed by atoms with Gasteiger partial charge in [-0.2, -0.15) is 0 Å². The first-order chi connectivity index (χ1) is 28.5. The average molecular weight is 841 g/mol. The Morgan fingerprint density at radius 2 is 1.03 bits per heavy atom. The Balaban J connectivity index is 4.05. The van der Waals surface area contributed by atoms with Gasteiger partial charge in [-0.3, -0.25) is 9.36 Å². The Labute approximate surface area is 361 Å². The van der Waals surface area contributed by atoms with Gasteiger partial charge >= 0.3 is 0 Å². The summed E-state index contributed by atoms with van der Waals surface area (Å²) in [6, 6.07) is -0.814. The second kappa shape index (κ2) is 40.6. The molecular weight excluding hydrogens is 756 g/mol. The number of aliphatic hydroxyl groups is 1. The number of aliphatic hydroxyl groups excluding tert-OH is 1. The van der Waals surface area contributed by atoms with Crippen molar-refractivity contribution in [1.82, 2.24) is 5.32 Å². The Bertz CT molecular complexity index is 1320. The molecule has 0 aliphatic rings. The van der Waals surface area contributed by atoms with Crippen LogP contribution in [0.1, 0.15) is 149 Å². The number of likely N-dealkylation sites (N-methyl/N-ethyl adjacent to an activating group) is 1. The molecular formula is C50H85N2O6P. The van der Waals surface area contributed by atoms with Gasteiger partial charge in [-0.05, 0) is 83.5 Å². The van der Waals surface area contributed by atoms with Crippen LogP contribution in [0.25, 0.3) is 0 Å². The molecule has 0 fully saturated rings. The van der Waals surface area contributed by atoms with Crippen LogP contribution in [0.4, 0.5) is 0 Å². The van der Waals surface area contributed by atoms with Gasteiger partial charge in [0.05, 0.1) is 39.9 Å². The highest BCUT2D eigenvalue weighted by Gasteiger charge is 2.24. The summed E-state index contributed by atoms with van der Waals surface area (Å²) in [6.45, 7) is 4.42. The van der Waals surface area contributed by atoms with Crippen LogP contribution in [0, 0.1) is 0 Å². The Morgan fingerprint density at radius 1 is 0.610 bits per heavy atom. The SMILES string of the molecule is CC/C=C\C/C=C\C/C=C\C/C=C\C/C=C\C/C=C\C/C=C\C/C=C\C/C=C\CCCCCCCC(=O)NC(COP(=O)([O-])OCC[N+](C)(C)C)C(O)CCCCCC.